The predicted molar refractivity (Wildman–Crippen MR) is 434 cm³/mol. The third-order valence-electron chi connectivity index (χ3n) is 20.9. The number of hydrogen-bond donors (Lipinski definition) is 0. The van der Waals surface area contributed by atoms with E-state index < -0.39 is 0 Å². The third-order valence-corrected chi connectivity index (χ3v) is 20.9. The van der Waals surface area contributed by atoms with Crippen LogP contribution < -0.4 is 0 Å². The quantitative estimate of drug-likeness (QED) is 0.121. The first-order valence-corrected chi connectivity index (χ1v) is 35.8. The fourth-order valence-corrected chi connectivity index (χ4v) is 16.1. The fraction of sp³-hybridized carbons (Fsp3) is 0. The first-order chi connectivity index (χ1) is 52.6. The lowest BCUT2D eigenvalue weighted by Gasteiger charge is -2.17. The molecule has 21 rings (SSSR count). The van der Waals surface area contributed by atoms with E-state index in [1.165, 1.54) is 21.5 Å². The van der Waals surface area contributed by atoms with E-state index in [0.29, 0.717) is 34.9 Å². The first-order valence-electron chi connectivity index (χ1n) is 35.8. The van der Waals surface area contributed by atoms with Crippen molar-refractivity contribution in [1.82, 2.24) is 48.2 Å². The molecule has 0 saturated carbocycles. The molecule has 0 N–H and O–H groups in total. The summed E-state index contributed by atoms with van der Waals surface area (Å²) < 4.78 is 9.70. The van der Waals surface area contributed by atoms with E-state index in [1.54, 1.807) is 0 Å². The van der Waals surface area contributed by atoms with Crippen molar-refractivity contribution in [3.63, 3.8) is 0 Å². The van der Waals surface area contributed by atoms with Gasteiger partial charge in [-0.05, 0) is 113 Å². The Kier molecular flexibility index (Phi) is 14.0. The van der Waals surface area contributed by atoms with E-state index in [2.05, 4.69) is 309 Å². The standard InChI is InChI=1S/C96H60N10/c1-7-28-61(29-8-1)91-97-92(62-30-9-2-10-31-62)100-95(99-91)77-59-67(50-54-83(77)105-81-48-25-21-44-75(81)87-85(105)56-52-73-71-42-19-23-46-79(71)103(89(73)87)69-38-15-5-16-39-69)65-36-27-37-66(58-65)68-51-55-84(78(60-68)96-101-93(63-32-11-3-12-33-63)98-94(102-96)64-34-13-4-14-35-64)106-82-49-26-22-45-76(82)88-86(106)57-53-74-72-43-20-24-47-80(72)104(90(74)88)70-40-17-6-18-41-70/h1-60H. The maximum Gasteiger partial charge on any atom is 0.166 e. The maximum absolute atomic E-state index is 5.50. The van der Waals surface area contributed by atoms with Crippen LogP contribution in [0.15, 0.2) is 364 Å². The molecular formula is C96H60N10. The highest BCUT2D eigenvalue weighted by Gasteiger charge is 2.28. The molecule has 0 radical (unpaired) electrons. The Bertz CT molecular complexity index is 6510. The van der Waals surface area contributed by atoms with E-state index in [0.717, 1.165) is 144 Å². The zero-order valence-corrected chi connectivity index (χ0v) is 57.1. The highest BCUT2D eigenvalue weighted by Crippen LogP contribution is 2.47. The van der Waals surface area contributed by atoms with Gasteiger partial charge in [-0.1, -0.05) is 273 Å². The fourth-order valence-electron chi connectivity index (χ4n) is 16.1. The van der Waals surface area contributed by atoms with Crippen molar-refractivity contribution in [2.24, 2.45) is 0 Å². The monoisotopic (exact) mass is 1350 g/mol. The number of hydrogen-bond acceptors (Lipinski definition) is 6. The number of rotatable bonds is 12. The second kappa shape index (κ2) is 24.7. The molecule has 21 aromatic rings. The summed E-state index contributed by atoms with van der Waals surface area (Å²) in [5, 5.41) is 9.33. The summed E-state index contributed by atoms with van der Waals surface area (Å²) in [6.45, 7) is 0. The molecule has 6 aromatic heterocycles. The van der Waals surface area contributed by atoms with Crippen LogP contribution in [0.1, 0.15) is 0 Å². The van der Waals surface area contributed by atoms with Crippen LogP contribution in [0.25, 0.3) is 201 Å². The van der Waals surface area contributed by atoms with Gasteiger partial charge in [-0.3, -0.25) is 0 Å². The Morgan fingerprint density at radius 3 is 0.811 bits per heavy atom. The molecule has 15 aromatic carbocycles. The van der Waals surface area contributed by atoms with Gasteiger partial charge in [0.05, 0.1) is 55.5 Å². The molecule has 0 spiro atoms. The summed E-state index contributed by atoms with van der Waals surface area (Å²) in [7, 11) is 0. The molecule has 6 heterocycles. The molecule has 0 aliphatic carbocycles. The van der Waals surface area contributed by atoms with Crippen LogP contribution in [0, 0.1) is 0 Å². The smallest absolute Gasteiger partial charge is 0.166 e. The second-order valence-electron chi connectivity index (χ2n) is 26.9. The zero-order valence-electron chi connectivity index (χ0n) is 57.1. The van der Waals surface area contributed by atoms with Gasteiger partial charge in [0, 0.05) is 87.8 Å². The lowest BCUT2D eigenvalue weighted by molar-refractivity contribution is 1.06. The lowest BCUT2D eigenvalue weighted by atomic mass is 9.95. The number of benzene rings is 15. The molecule has 0 fully saturated rings. The van der Waals surface area contributed by atoms with Gasteiger partial charge in [0.25, 0.3) is 0 Å². The van der Waals surface area contributed by atoms with Crippen molar-refractivity contribution in [2.75, 3.05) is 0 Å². The van der Waals surface area contributed by atoms with E-state index in [-0.39, 0.29) is 0 Å². The Balaban J connectivity index is 0.797. The van der Waals surface area contributed by atoms with Gasteiger partial charge in [-0.15, -0.1) is 0 Å². The molecule has 10 heteroatoms. The van der Waals surface area contributed by atoms with Gasteiger partial charge in [0.15, 0.2) is 34.9 Å². The Hall–Kier alpha value is -14.5. The number of nitrogens with zero attached hydrogens (tertiary/aromatic N) is 10. The summed E-state index contributed by atoms with van der Waals surface area (Å²) in [5.74, 6) is 3.39. The number of para-hydroxylation sites is 6. The molecule has 0 bridgehead atoms. The van der Waals surface area contributed by atoms with Crippen molar-refractivity contribution in [2.45, 2.75) is 0 Å². The van der Waals surface area contributed by atoms with Crippen LogP contribution in [-0.2, 0) is 0 Å². The zero-order chi connectivity index (χ0) is 69.8. The van der Waals surface area contributed by atoms with Crippen LogP contribution in [0.3, 0.4) is 0 Å². The largest absolute Gasteiger partial charge is 0.309 e. The van der Waals surface area contributed by atoms with Crippen LogP contribution in [-0.4, -0.2) is 48.2 Å². The van der Waals surface area contributed by atoms with E-state index in [9.17, 15) is 0 Å². The molecular weight excluding hydrogens is 1290 g/mol. The van der Waals surface area contributed by atoms with Gasteiger partial charge in [-0.2, -0.15) is 0 Å². The Morgan fingerprint density at radius 1 is 0.170 bits per heavy atom. The summed E-state index contributed by atoms with van der Waals surface area (Å²) in [5.41, 5.74) is 22.0. The van der Waals surface area contributed by atoms with Crippen LogP contribution in [0.5, 0.6) is 0 Å². The molecule has 0 saturated heterocycles. The lowest BCUT2D eigenvalue weighted by Crippen LogP contribution is -2.04. The Morgan fingerprint density at radius 2 is 0.453 bits per heavy atom. The van der Waals surface area contributed by atoms with Gasteiger partial charge >= 0.3 is 0 Å². The number of aromatic nitrogens is 10. The predicted octanol–water partition coefficient (Wildman–Crippen LogP) is 23.8. The molecule has 10 nitrogen and oxygen atoms in total. The molecule has 0 unspecified atom stereocenters. The molecule has 0 aliphatic heterocycles. The Labute approximate surface area is 609 Å². The van der Waals surface area contributed by atoms with Crippen LogP contribution >= 0.6 is 0 Å². The minimum atomic E-state index is 0.542. The van der Waals surface area contributed by atoms with E-state index >= 15 is 0 Å². The molecule has 0 amide bonds. The summed E-state index contributed by atoms with van der Waals surface area (Å²) in [4.78, 5) is 32.5. The summed E-state index contributed by atoms with van der Waals surface area (Å²) in [6.07, 6.45) is 0. The average Bonchev–Trinajstić information content (AvgIpc) is 1.49. The molecule has 106 heavy (non-hydrogen) atoms. The first kappa shape index (κ1) is 60.3. The summed E-state index contributed by atoms with van der Waals surface area (Å²) >= 11 is 0. The van der Waals surface area contributed by atoms with Crippen molar-refractivity contribution in [3.05, 3.63) is 364 Å². The van der Waals surface area contributed by atoms with E-state index in [1.807, 2.05) is 72.8 Å². The summed E-state index contributed by atoms with van der Waals surface area (Å²) in [6, 6.07) is 129. The number of fused-ring (bicyclic) bond motifs is 14. The average molecular weight is 1350 g/mol. The van der Waals surface area contributed by atoms with Crippen molar-refractivity contribution < 1.29 is 0 Å². The van der Waals surface area contributed by atoms with Gasteiger partial charge in [0.1, 0.15) is 0 Å². The molecule has 494 valence electrons. The normalized spacial score (nSPS) is 11.8. The second-order valence-corrected chi connectivity index (χ2v) is 26.9. The van der Waals surface area contributed by atoms with Gasteiger partial charge in [0.2, 0.25) is 0 Å². The van der Waals surface area contributed by atoms with Crippen molar-refractivity contribution in [1.29, 1.82) is 0 Å². The minimum absolute atomic E-state index is 0.542. The SMILES string of the molecule is c1ccc(-c2nc(-c3ccccc3)nc(-c3cc(-c4cccc(-c5ccc(-n6c7ccccc7c7c6ccc6c8ccccc8n(-c8ccccc8)c67)c(-c6nc(-c7ccccc7)nc(-c7ccccc7)n6)c5)c4)ccc3-n3c4ccccc4c4c3ccc3c5ccccc5n(-c5ccccc5)c34)n2)cc1. The molecule has 0 atom stereocenters. The molecule has 0 aliphatic rings. The highest BCUT2D eigenvalue weighted by atomic mass is 15.1. The topological polar surface area (TPSA) is 97.1 Å². The highest BCUT2D eigenvalue weighted by molar-refractivity contribution is 6.28. The minimum Gasteiger partial charge on any atom is -0.309 e. The van der Waals surface area contributed by atoms with Crippen LogP contribution in [0.4, 0.5) is 0 Å². The third kappa shape index (κ3) is 9.80. The van der Waals surface area contributed by atoms with E-state index in [4.69, 9.17) is 29.9 Å². The van der Waals surface area contributed by atoms with Crippen molar-refractivity contribution >= 4 is 87.2 Å². The maximum atomic E-state index is 5.50. The van der Waals surface area contributed by atoms with Gasteiger partial charge in [-0.25, -0.2) is 29.9 Å². The van der Waals surface area contributed by atoms with Crippen molar-refractivity contribution in [3.8, 4) is 113 Å². The van der Waals surface area contributed by atoms with Gasteiger partial charge < -0.3 is 18.3 Å². The van der Waals surface area contributed by atoms with Crippen LogP contribution in [0.2, 0.25) is 0 Å².